The number of rotatable bonds is 2. The lowest BCUT2D eigenvalue weighted by atomic mass is 10.1. The summed E-state index contributed by atoms with van der Waals surface area (Å²) in [6.45, 7) is 2.02. The summed E-state index contributed by atoms with van der Waals surface area (Å²) in [6, 6.07) is 12.0. The van der Waals surface area contributed by atoms with Gasteiger partial charge in [0.05, 0.1) is 19.3 Å². The van der Waals surface area contributed by atoms with Gasteiger partial charge in [0.25, 0.3) is 0 Å². The summed E-state index contributed by atoms with van der Waals surface area (Å²) in [5, 5.41) is 0.353. The zero-order chi connectivity index (χ0) is 13.9. The third-order valence-corrected chi connectivity index (χ3v) is 3.50. The van der Waals surface area contributed by atoms with Crippen molar-refractivity contribution >= 4 is 23.4 Å². The molecule has 1 unspecified atom stereocenters. The van der Waals surface area contributed by atoms with E-state index in [0.29, 0.717) is 18.4 Å². The minimum atomic E-state index is 0.107. The van der Waals surface area contributed by atoms with Gasteiger partial charge in [0.15, 0.2) is 0 Å². The molecule has 1 atom stereocenters. The highest BCUT2D eigenvalue weighted by molar-refractivity contribution is 6.29. The molecule has 6 heteroatoms. The van der Waals surface area contributed by atoms with Crippen molar-refractivity contribution in [3.63, 3.8) is 0 Å². The number of nitrogens with zero attached hydrogens (tertiary/aromatic N) is 3. The Bertz CT molecular complexity index is 573. The van der Waals surface area contributed by atoms with Gasteiger partial charge in [0.2, 0.25) is 5.95 Å². The number of ether oxygens (including phenoxy) is 1. The van der Waals surface area contributed by atoms with Crippen molar-refractivity contribution in [3.05, 3.63) is 47.1 Å². The van der Waals surface area contributed by atoms with Crippen LogP contribution in [0, 0.1) is 0 Å². The van der Waals surface area contributed by atoms with Crippen molar-refractivity contribution in [2.24, 2.45) is 0 Å². The molecule has 5 nitrogen and oxygen atoms in total. The van der Waals surface area contributed by atoms with E-state index >= 15 is 0 Å². The highest BCUT2D eigenvalue weighted by atomic mass is 35.5. The molecular formula is C14H15ClN4O. The van der Waals surface area contributed by atoms with Gasteiger partial charge in [0, 0.05) is 12.6 Å². The quantitative estimate of drug-likeness (QED) is 0.860. The van der Waals surface area contributed by atoms with Crippen LogP contribution in [-0.4, -0.2) is 29.7 Å². The molecule has 1 saturated heterocycles. The maximum atomic E-state index is 5.97. The second-order valence-electron chi connectivity index (χ2n) is 4.60. The summed E-state index contributed by atoms with van der Waals surface area (Å²) >= 11 is 5.97. The first kappa shape index (κ1) is 13.1. The van der Waals surface area contributed by atoms with Crippen LogP contribution in [0.25, 0.3) is 0 Å². The van der Waals surface area contributed by atoms with E-state index in [1.165, 1.54) is 5.56 Å². The standard InChI is InChI=1S/C14H15ClN4O/c15-12-8-13(18-14(16)17-12)19-6-7-20-9-11(19)10-4-2-1-3-5-10/h1-5,8,11H,6-7,9H2,(H2,16,17,18). The van der Waals surface area contributed by atoms with Gasteiger partial charge < -0.3 is 15.4 Å². The van der Waals surface area contributed by atoms with Crippen molar-refractivity contribution in [1.82, 2.24) is 9.97 Å². The Balaban J connectivity index is 1.96. The lowest BCUT2D eigenvalue weighted by molar-refractivity contribution is 0.0937. The zero-order valence-corrected chi connectivity index (χ0v) is 11.6. The van der Waals surface area contributed by atoms with Gasteiger partial charge in [-0.3, -0.25) is 0 Å². The van der Waals surface area contributed by atoms with Crippen LogP contribution >= 0.6 is 11.6 Å². The summed E-state index contributed by atoms with van der Waals surface area (Å²) < 4.78 is 5.60. The van der Waals surface area contributed by atoms with E-state index in [1.54, 1.807) is 6.07 Å². The van der Waals surface area contributed by atoms with Crippen molar-refractivity contribution in [2.75, 3.05) is 30.4 Å². The molecule has 3 rings (SSSR count). The maximum Gasteiger partial charge on any atom is 0.223 e. The largest absolute Gasteiger partial charge is 0.377 e. The fourth-order valence-electron chi connectivity index (χ4n) is 2.40. The molecule has 0 spiro atoms. The minimum Gasteiger partial charge on any atom is -0.377 e. The van der Waals surface area contributed by atoms with Gasteiger partial charge in [-0.2, -0.15) is 4.98 Å². The number of anilines is 2. The van der Waals surface area contributed by atoms with Crippen LogP contribution in [0.4, 0.5) is 11.8 Å². The van der Waals surface area contributed by atoms with Gasteiger partial charge in [-0.25, -0.2) is 4.98 Å². The summed E-state index contributed by atoms with van der Waals surface area (Å²) in [7, 11) is 0. The van der Waals surface area contributed by atoms with E-state index in [0.717, 1.165) is 12.4 Å². The van der Waals surface area contributed by atoms with Crippen LogP contribution in [0.1, 0.15) is 11.6 Å². The average molecular weight is 291 g/mol. The Morgan fingerprint density at radius 3 is 2.80 bits per heavy atom. The summed E-state index contributed by atoms with van der Waals surface area (Å²) in [5.74, 6) is 0.922. The van der Waals surface area contributed by atoms with E-state index in [4.69, 9.17) is 22.1 Å². The normalized spacial score (nSPS) is 19.1. The van der Waals surface area contributed by atoms with E-state index in [9.17, 15) is 0 Å². The number of nitrogen functional groups attached to an aromatic ring is 1. The van der Waals surface area contributed by atoms with Crippen LogP contribution < -0.4 is 10.6 Å². The fourth-order valence-corrected chi connectivity index (χ4v) is 2.58. The fraction of sp³-hybridized carbons (Fsp3) is 0.286. The Hall–Kier alpha value is -1.85. The molecule has 0 saturated carbocycles. The molecule has 2 N–H and O–H groups in total. The highest BCUT2D eigenvalue weighted by Crippen LogP contribution is 2.29. The lowest BCUT2D eigenvalue weighted by Gasteiger charge is -2.36. The first-order chi connectivity index (χ1) is 9.74. The van der Waals surface area contributed by atoms with Gasteiger partial charge in [-0.05, 0) is 5.56 Å². The number of nitrogens with two attached hydrogens (primary N) is 1. The Kier molecular flexibility index (Phi) is 3.71. The van der Waals surface area contributed by atoms with Crippen molar-refractivity contribution in [1.29, 1.82) is 0 Å². The molecule has 1 fully saturated rings. The maximum absolute atomic E-state index is 5.97. The van der Waals surface area contributed by atoms with Gasteiger partial charge in [-0.1, -0.05) is 41.9 Å². The molecule has 1 aromatic carbocycles. The number of benzene rings is 1. The molecular weight excluding hydrogens is 276 g/mol. The van der Waals surface area contributed by atoms with Crippen LogP contribution in [-0.2, 0) is 4.74 Å². The molecule has 104 valence electrons. The summed E-state index contributed by atoms with van der Waals surface area (Å²) in [4.78, 5) is 10.3. The first-order valence-corrected chi connectivity index (χ1v) is 6.81. The van der Waals surface area contributed by atoms with Gasteiger partial charge in [-0.15, -0.1) is 0 Å². The molecule has 2 aromatic rings. The number of hydrogen-bond acceptors (Lipinski definition) is 5. The van der Waals surface area contributed by atoms with Crippen molar-refractivity contribution in [2.45, 2.75) is 6.04 Å². The third kappa shape index (κ3) is 2.69. The molecule has 20 heavy (non-hydrogen) atoms. The second-order valence-corrected chi connectivity index (χ2v) is 4.99. The number of aromatic nitrogens is 2. The smallest absolute Gasteiger partial charge is 0.223 e. The molecule has 0 radical (unpaired) electrons. The summed E-state index contributed by atoms with van der Waals surface area (Å²) in [6.07, 6.45) is 0. The summed E-state index contributed by atoms with van der Waals surface area (Å²) in [5.41, 5.74) is 6.87. The average Bonchev–Trinajstić information content (AvgIpc) is 2.47. The Morgan fingerprint density at radius 2 is 2.05 bits per heavy atom. The molecule has 0 aliphatic carbocycles. The monoisotopic (exact) mass is 290 g/mol. The van der Waals surface area contributed by atoms with Crippen molar-refractivity contribution in [3.8, 4) is 0 Å². The predicted molar refractivity (Wildman–Crippen MR) is 78.8 cm³/mol. The lowest BCUT2D eigenvalue weighted by Crippen LogP contribution is -2.40. The molecule has 2 heterocycles. The van der Waals surface area contributed by atoms with E-state index in [-0.39, 0.29) is 12.0 Å². The predicted octanol–water partition coefficient (Wildman–Crippen LogP) is 2.29. The number of halogens is 1. The second kappa shape index (κ2) is 5.64. The SMILES string of the molecule is Nc1nc(Cl)cc(N2CCOCC2c2ccccc2)n1. The number of hydrogen-bond donors (Lipinski definition) is 1. The first-order valence-electron chi connectivity index (χ1n) is 6.43. The van der Waals surface area contributed by atoms with Crippen LogP contribution in [0.3, 0.4) is 0 Å². The van der Waals surface area contributed by atoms with Crippen molar-refractivity contribution < 1.29 is 4.74 Å². The highest BCUT2D eigenvalue weighted by Gasteiger charge is 2.26. The molecule has 0 amide bonds. The van der Waals surface area contributed by atoms with Crippen LogP contribution in [0.2, 0.25) is 5.15 Å². The van der Waals surface area contributed by atoms with E-state index in [2.05, 4.69) is 27.0 Å². The Labute approximate surface area is 122 Å². The molecule has 1 aliphatic rings. The topological polar surface area (TPSA) is 64.3 Å². The minimum absolute atomic E-state index is 0.107. The third-order valence-electron chi connectivity index (χ3n) is 3.31. The van der Waals surface area contributed by atoms with E-state index < -0.39 is 0 Å². The van der Waals surface area contributed by atoms with Gasteiger partial charge >= 0.3 is 0 Å². The van der Waals surface area contributed by atoms with Crippen LogP contribution in [0.15, 0.2) is 36.4 Å². The molecule has 1 aliphatic heterocycles. The number of morpholine rings is 1. The Morgan fingerprint density at radius 1 is 1.25 bits per heavy atom. The molecule has 0 bridgehead atoms. The van der Waals surface area contributed by atoms with Crippen LogP contribution in [0.5, 0.6) is 0 Å². The van der Waals surface area contributed by atoms with E-state index in [1.807, 2.05) is 18.2 Å². The molecule has 1 aromatic heterocycles. The van der Waals surface area contributed by atoms with Gasteiger partial charge in [0.1, 0.15) is 11.0 Å². The zero-order valence-electron chi connectivity index (χ0n) is 10.9.